The highest BCUT2D eigenvalue weighted by Gasteiger charge is 2.04. The van der Waals surface area contributed by atoms with E-state index in [9.17, 15) is 0 Å². The highest BCUT2D eigenvalue weighted by atomic mass is 127. The highest BCUT2D eigenvalue weighted by Crippen LogP contribution is 2.23. The second kappa shape index (κ2) is 3.11. The van der Waals surface area contributed by atoms with Crippen LogP contribution < -0.4 is 0 Å². The van der Waals surface area contributed by atoms with Crippen LogP contribution in [0.25, 0.3) is 10.7 Å². The molecule has 0 aliphatic rings. The van der Waals surface area contributed by atoms with Crippen LogP contribution in [0.5, 0.6) is 0 Å². The summed E-state index contributed by atoms with van der Waals surface area (Å²) in [6.07, 6.45) is 0. The molecule has 0 aliphatic heterocycles. The molecule has 2 rings (SSSR count). The summed E-state index contributed by atoms with van der Waals surface area (Å²) in [5.74, 6) is 0. The van der Waals surface area contributed by atoms with Crippen LogP contribution >= 0.6 is 45.3 Å². The molecule has 0 bridgehead atoms. The molecule has 0 atom stereocenters. The van der Waals surface area contributed by atoms with E-state index in [1.165, 1.54) is 0 Å². The maximum Gasteiger partial charge on any atom is 0.178 e. The number of hydrogen-bond acceptors (Lipinski definition) is 5. The Morgan fingerprint density at radius 1 is 1.36 bits per heavy atom. The first-order chi connectivity index (χ1) is 5.36. The van der Waals surface area contributed by atoms with Crippen LogP contribution in [0.2, 0.25) is 0 Å². The zero-order chi connectivity index (χ0) is 7.68. The minimum atomic E-state index is 0.899. The van der Waals surface area contributed by atoms with Gasteiger partial charge >= 0.3 is 0 Å². The molecule has 56 valence electrons. The summed E-state index contributed by atoms with van der Waals surface area (Å²) in [6, 6.07) is 0. The zero-order valence-electron chi connectivity index (χ0n) is 5.19. The van der Waals surface area contributed by atoms with E-state index in [4.69, 9.17) is 0 Å². The third kappa shape index (κ3) is 1.57. The van der Waals surface area contributed by atoms with Gasteiger partial charge in [0, 0.05) is 5.38 Å². The van der Waals surface area contributed by atoms with E-state index >= 15 is 0 Å². The van der Waals surface area contributed by atoms with Crippen molar-refractivity contribution >= 4 is 45.3 Å². The Bertz CT molecular complexity index is 342. The second-order valence-corrected chi connectivity index (χ2v) is 5.18. The molecule has 0 saturated heterocycles. The third-order valence-corrected chi connectivity index (χ3v) is 3.25. The number of rotatable bonds is 1. The standard InChI is InChI=1S/C5H2IN3S2/c6-5-9-8-4(11-5)3-1-10-2-7-3/h1-2H. The van der Waals surface area contributed by atoms with E-state index in [0.717, 1.165) is 13.7 Å². The van der Waals surface area contributed by atoms with Crippen LogP contribution in [0, 0.1) is 3.01 Å². The molecule has 0 spiro atoms. The molecule has 0 fully saturated rings. The van der Waals surface area contributed by atoms with Gasteiger partial charge in [-0.2, -0.15) is 0 Å². The van der Waals surface area contributed by atoms with Gasteiger partial charge in [0.15, 0.2) is 8.02 Å². The Hall–Kier alpha value is -0.0800. The molecule has 2 aromatic rings. The summed E-state index contributed by atoms with van der Waals surface area (Å²) in [7, 11) is 0. The van der Waals surface area contributed by atoms with Crippen molar-refractivity contribution in [3.8, 4) is 10.7 Å². The predicted octanol–water partition coefficient (Wildman–Crippen LogP) is 2.27. The SMILES string of the molecule is Ic1nnc(-c2cscn2)s1. The molecular weight excluding hydrogens is 293 g/mol. The predicted molar refractivity (Wildman–Crippen MR) is 53.7 cm³/mol. The number of thiazole rings is 1. The van der Waals surface area contributed by atoms with Crippen LogP contribution in [0.3, 0.4) is 0 Å². The van der Waals surface area contributed by atoms with Crippen molar-refractivity contribution in [1.29, 1.82) is 0 Å². The van der Waals surface area contributed by atoms with Gasteiger partial charge in [-0.1, -0.05) is 11.3 Å². The van der Waals surface area contributed by atoms with Crippen molar-refractivity contribution in [1.82, 2.24) is 15.2 Å². The fourth-order valence-corrected chi connectivity index (χ4v) is 2.51. The van der Waals surface area contributed by atoms with Gasteiger partial charge in [0.2, 0.25) is 0 Å². The topological polar surface area (TPSA) is 38.7 Å². The average Bonchev–Trinajstić information content (AvgIpc) is 2.55. The van der Waals surface area contributed by atoms with Crippen LogP contribution in [0.15, 0.2) is 10.9 Å². The lowest BCUT2D eigenvalue weighted by Gasteiger charge is -1.80. The maximum absolute atomic E-state index is 4.12. The summed E-state index contributed by atoms with van der Waals surface area (Å²) >= 11 is 5.27. The summed E-state index contributed by atoms with van der Waals surface area (Å²) in [6.45, 7) is 0. The third-order valence-electron chi connectivity index (χ3n) is 1.05. The van der Waals surface area contributed by atoms with Crippen molar-refractivity contribution < 1.29 is 0 Å². The molecule has 0 aliphatic carbocycles. The molecule has 0 saturated carbocycles. The fraction of sp³-hybridized carbons (Fsp3) is 0. The van der Waals surface area contributed by atoms with Crippen molar-refractivity contribution in [2.75, 3.05) is 0 Å². The zero-order valence-corrected chi connectivity index (χ0v) is 8.98. The average molecular weight is 295 g/mol. The monoisotopic (exact) mass is 295 g/mol. The lowest BCUT2D eigenvalue weighted by atomic mass is 10.5. The van der Waals surface area contributed by atoms with Crippen LogP contribution in [0.1, 0.15) is 0 Å². The van der Waals surface area contributed by atoms with Gasteiger partial charge in [-0.15, -0.1) is 21.5 Å². The summed E-state index contributed by atoms with van der Waals surface area (Å²) in [5.41, 5.74) is 2.72. The van der Waals surface area contributed by atoms with Crippen molar-refractivity contribution in [3.63, 3.8) is 0 Å². The molecule has 11 heavy (non-hydrogen) atoms. The lowest BCUT2D eigenvalue weighted by molar-refractivity contribution is 1.07. The molecule has 3 nitrogen and oxygen atoms in total. The number of aromatic nitrogens is 3. The van der Waals surface area contributed by atoms with E-state index in [-0.39, 0.29) is 0 Å². The Morgan fingerprint density at radius 2 is 2.27 bits per heavy atom. The maximum atomic E-state index is 4.12. The number of nitrogens with zero attached hydrogens (tertiary/aromatic N) is 3. The van der Waals surface area contributed by atoms with Crippen LogP contribution in [-0.4, -0.2) is 15.2 Å². The van der Waals surface area contributed by atoms with Gasteiger partial charge < -0.3 is 0 Å². The van der Waals surface area contributed by atoms with Crippen molar-refractivity contribution in [2.45, 2.75) is 0 Å². The van der Waals surface area contributed by atoms with Gasteiger partial charge in [0.25, 0.3) is 0 Å². The largest absolute Gasteiger partial charge is 0.242 e. The van der Waals surface area contributed by atoms with Gasteiger partial charge in [0.05, 0.1) is 5.51 Å². The minimum Gasteiger partial charge on any atom is -0.242 e. The van der Waals surface area contributed by atoms with E-state index in [2.05, 4.69) is 37.8 Å². The summed E-state index contributed by atoms with van der Waals surface area (Å²) < 4.78 is 0.950. The normalized spacial score (nSPS) is 10.3. The molecule has 0 radical (unpaired) electrons. The van der Waals surface area contributed by atoms with E-state index in [0.29, 0.717) is 0 Å². The first-order valence-corrected chi connectivity index (χ1v) is 5.57. The Kier molecular flexibility index (Phi) is 2.14. The second-order valence-electron chi connectivity index (χ2n) is 1.73. The molecule has 0 unspecified atom stereocenters. The van der Waals surface area contributed by atoms with Crippen LogP contribution in [-0.2, 0) is 0 Å². The Labute approximate surface area is 84.7 Å². The molecule has 6 heteroatoms. The Morgan fingerprint density at radius 3 is 2.82 bits per heavy atom. The van der Waals surface area contributed by atoms with Gasteiger partial charge in [-0.3, -0.25) is 0 Å². The lowest BCUT2D eigenvalue weighted by Crippen LogP contribution is -1.74. The first kappa shape index (κ1) is 7.56. The molecule has 0 N–H and O–H groups in total. The van der Waals surface area contributed by atoms with Gasteiger partial charge in [-0.05, 0) is 22.6 Å². The summed E-state index contributed by atoms with van der Waals surface area (Å²) in [5, 5.41) is 10.7. The summed E-state index contributed by atoms with van der Waals surface area (Å²) in [4.78, 5) is 4.12. The first-order valence-electron chi connectivity index (χ1n) is 2.74. The van der Waals surface area contributed by atoms with Crippen molar-refractivity contribution in [2.24, 2.45) is 0 Å². The van der Waals surface area contributed by atoms with Gasteiger partial charge in [-0.25, -0.2) is 4.98 Å². The fourth-order valence-electron chi connectivity index (χ4n) is 0.627. The number of halogens is 1. The number of hydrogen-bond donors (Lipinski definition) is 0. The highest BCUT2D eigenvalue weighted by molar-refractivity contribution is 14.1. The van der Waals surface area contributed by atoms with Crippen molar-refractivity contribution in [3.05, 3.63) is 13.9 Å². The molecular formula is C5H2IN3S2. The van der Waals surface area contributed by atoms with E-state index in [1.54, 1.807) is 28.2 Å². The van der Waals surface area contributed by atoms with Gasteiger partial charge in [0.1, 0.15) is 5.69 Å². The van der Waals surface area contributed by atoms with E-state index < -0.39 is 0 Å². The molecule has 0 amide bonds. The Balaban J connectivity index is 2.45. The molecule has 2 heterocycles. The quantitative estimate of drug-likeness (QED) is 0.758. The molecule has 0 aromatic carbocycles. The minimum absolute atomic E-state index is 0.899. The smallest absolute Gasteiger partial charge is 0.178 e. The van der Waals surface area contributed by atoms with E-state index in [1.807, 2.05) is 5.38 Å². The molecule has 2 aromatic heterocycles. The van der Waals surface area contributed by atoms with Crippen LogP contribution in [0.4, 0.5) is 0 Å².